The summed E-state index contributed by atoms with van der Waals surface area (Å²) in [4.78, 5) is 0. The van der Waals surface area contributed by atoms with Crippen LogP contribution in [0.1, 0.15) is 71.1 Å². The van der Waals surface area contributed by atoms with Crippen LogP contribution in [0.4, 0.5) is 5.69 Å². The molecule has 1 heterocycles. The number of nitrogens with two attached hydrogens (primary N) is 1. The third-order valence-electron chi connectivity index (χ3n) is 4.39. The highest BCUT2D eigenvalue weighted by atomic mass is 15.3. The van der Waals surface area contributed by atoms with Gasteiger partial charge in [0.2, 0.25) is 0 Å². The van der Waals surface area contributed by atoms with E-state index in [2.05, 4.69) is 16.7 Å². The molecule has 122 valence electrons. The van der Waals surface area contributed by atoms with Crippen LogP contribution >= 0.6 is 0 Å². The third kappa shape index (κ3) is 5.36. The van der Waals surface area contributed by atoms with Crippen LogP contribution in [0.15, 0.2) is 24.4 Å². The van der Waals surface area contributed by atoms with Gasteiger partial charge in [0.1, 0.15) is 0 Å². The summed E-state index contributed by atoms with van der Waals surface area (Å²) in [6, 6.07) is 6.01. The minimum atomic E-state index is 0.817. The fraction of sp³-hybridized carbons (Fsp3) is 0.632. The van der Waals surface area contributed by atoms with Crippen LogP contribution in [0.5, 0.6) is 0 Å². The molecule has 0 unspecified atom stereocenters. The molecule has 0 amide bonds. The Balaban J connectivity index is 1.57. The second-order valence-corrected chi connectivity index (χ2v) is 6.37. The van der Waals surface area contributed by atoms with Crippen molar-refractivity contribution in [2.24, 2.45) is 0 Å². The molecule has 2 aromatic rings. The van der Waals surface area contributed by atoms with Gasteiger partial charge in [-0.2, -0.15) is 5.10 Å². The number of anilines is 1. The van der Waals surface area contributed by atoms with Crippen molar-refractivity contribution in [3.05, 3.63) is 24.4 Å². The zero-order chi connectivity index (χ0) is 15.6. The Labute approximate surface area is 134 Å². The van der Waals surface area contributed by atoms with Crippen molar-refractivity contribution in [1.29, 1.82) is 0 Å². The molecule has 0 aliphatic carbocycles. The maximum Gasteiger partial charge on any atom is 0.0702 e. The number of aryl methyl sites for hydroxylation is 1. The summed E-state index contributed by atoms with van der Waals surface area (Å²) in [6.07, 6.45) is 15.6. The van der Waals surface area contributed by atoms with Gasteiger partial charge in [0.15, 0.2) is 0 Å². The van der Waals surface area contributed by atoms with E-state index in [0.717, 1.165) is 17.7 Å². The number of nitrogen functional groups attached to an aromatic ring is 1. The first-order valence-electron chi connectivity index (χ1n) is 9.02. The summed E-state index contributed by atoms with van der Waals surface area (Å²) in [5.74, 6) is 0. The summed E-state index contributed by atoms with van der Waals surface area (Å²) >= 11 is 0. The van der Waals surface area contributed by atoms with Gasteiger partial charge in [0, 0.05) is 17.6 Å². The number of aromatic nitrogens is 2. The Kier molecular flexibility index (Phi) is 7.27. The van der Waals surface area contributed by atoms with Gasteiger partial charge >= 0.3 is 0 Å². The minimum absolute atomic E-state index is 0.817. The number of unbranched alkanes of at least 4 members (excludes halogenated alkanes) is 9. The SMILES string of the molecule is CCCCCCCCCCCCn1ncc2ccc(N)cc21. The van der Waals surface area contributed by atoms with E-state index in [-0.39, 0.29) is 0 Å². The molecule has 0 spiro atoms. The van der Waals surface area contributed by atoms with Crippen molar-refractivity contribution < 1.29 is 0 Å². The minimum Gasteiger partial charge on any atom is -0.399 e. The molecular weight excluding hydrogens is 270 g/mol. The molecule has 0 atom stereocenters. The van der Waals surface area contributed by atoms with E-state index in [9.17, 15) is 0 Å². The number of nitrogens with zero attached hydrogens (tertiary/aromatic N) is 2. The molecular formula is C19H31N3. The predicted octanol–water partition coefficient (Wildman–Crippen LogP) is 5.54. The van der Waals surface area contributed by atoms with Gasteiger partial charge < -0.3 is 5.73 Å². The molecule has 2 N–H and O–H groups in total. The Morgan fingerprint density at radius 1 is 0.909 bits per heavy atom. The van der Waals surface area contributed by atoms with Gasteiger partial charge in [0.05, 0.1) is 11.7 Å². The molecule has 22 heavy (non-hydrogen) atoms. The summed E-state index contributed by atoms with van der Waals surface area (Å²) in [7, 11) is 0. The van der Waals surface area contributed by atoms with E-state index in [4.69, 9.17) is 5.73 Å². The second-order valence-electron chi connectivity index (χ2n) is 6.37. The number of hydrogen-bond donors (Lipinski definition) is 1. The average molecular weight is 301 g/mol. The van der Waals surface area contributed by atoms with Crippen molar-refractivity contribution in [3.63, 3.8) is 0 Å². The monoisotopic (exact) mass is 301 g/mol. The summed E-state index contributed by atoms with van der Waals surface area (Å²) in [6.45, 7) is 3.28. The van der Waals surface area contributed by atoms with Crippen LogP contribution in [-0.2, 0) is 6.54 Å². The summed E-state index contributed by atoms with van der Waals surface area (Å²) in [5.41, 5.74) is 7.84. The molecule has 0 saturated heterocycles. The van der Waals surface area contributed by atoms with Gasteiger partial charge in [-0.25, -0.2) is 0 Å². The highest BCUT2D eigenvalue weighted by Gasteiger charge is 2.02. The number of hydrogen-bond acceptors (Lipinski definition) is 2. The first kappa shape index (κ1) is 16.9. The van der Waals surface area contributed by atoms with Crippen LogP contribution in [0.25, 0.3) is 10.9 Å². The molecule has 0 saturated carbocycles. The van der Waals surface area contributed by atoms with E-state index >= 15 is 0 Å². The molecule has 0 fully saturated rings. The van der Waals surface area contributed by atoms with Crippen molar-refractivity contribution in [2.45, 2.75) is 77.7 Å². The Hall–Kier alpha value is -1.51. The van der Waals surface area contributed by atoms with Crippen molar-refractivity contribution in [3.8, 4) is 0 Å². The highest BCUT2D eigenvalue weighted by molar-refractivity contribution is 5.81. The number of fused-ring (bicyclic) bond motifs is 1. The topological polar surface area (TPSA) is 43.8 Å². The first-order chi connectivity index (χ1) is 10.8. The van der Waals surface area contributed by atoms with Crippen LogP contribution < -0.4 is 5.73 Å². The normalized spacial score (nSPS) is 11.3. The van der Waals surface area contributed by atoms with Crippen LogP contribution in [-0.4, -0.2) is 9.78 Å². The lowest BCUT2D eigenvalue weighted by atomic mass is 10.1. The molecule has 1 aromatic carbocycles. The van der Waals surface area contributed by atoms with Gasteiger partial charge in [-0.15, -0.1) is 0 Å². The van der Waals surface area contributed by atoms with Crippen LogP contribution in [0.2, 0.25) is 0 Å². The highest BCUT2D eigenvalue weighted by Crippen LogP contribution is 2.18. The summed E-state index contributed by atoms with van der Waals surface area (Å²) < 4.78 is 2.09. The largest absolute Gasteiger partial charge is 0.399 e. The van der Waals surface area contributed by atoms with Gasteiger partial charge in [-0.3, -0.25) is 4.68 Å². The molecule has 0 aliphatic rings. The predicted molar refractivity (Wildman–Crippen MR) is 96.0 cm³/mol. The lowest BCUT2D eigenvalue weighted by Gasteiger charge is -2.05. The molecule has 0 aliphatic heterocycles. The van der Waals surface area contributed by atoms with Crippen LogP contribution in [0, 0.1) is 0 Å². The average Bonchev–Trinajstić information content (AvgIpc) is 2.91. The van der Waals surface area contributed by atoms with Crippen LogP contribution in [0.3, 0.4) is 0 Å². The number of benzene rings is 1. The van der Waals surface area contributed by atoms with E-state index in [1.165, 1.54) is 69.6 Å². The maximum atomic E-state index is 5.86. The third-order valence-corrected chi connectivity index (χ3v) is 4.39. The molecule has 3 heteroatoms. The lowest BCUT2D eigenvalue weighted by molar-refractivity contribution is 0.522. The lowest BCUT2D eigenvalue weighted by Crippen LogP contribution is -2.00. The Bertz CT molecular complexity index is 545. The maximum absolute atomic E-state index is 5.86. The van der Waals surface area contributed by atoms with E-state index in [0.29, 0.717) is 0 Å². The zero-order valence-corrected chi connectivity index (χ0v) is 14.1. The molecule has 0 bridgehead atoms. The van der Waals surface area contributed by atoms with E-state index < -0.39 is 0 Å². The fourth-order valence-corrected chi connectivity index (χ4v) is 3.01. The number of rotatable bonds is 11. The molecule has 2 rings (SSSR count). The zero-order valence-electron chi connectivity index (χ0n) is 14.1. The first-order valence-corrected chi connectivity index (χ1v) is 9.02. The van der Waals surface area contributed by atoms with Crippen molar-refractivity contribution >= 4 is 16.6 Å². The quantitative estimate of drug-likeness (QED) is 0.437. The van der Waals surface area contributed by atoms with Crippen molar-refractivity contribution in [2.75, 3.05) is 5.73 Å². The molecule has 1 aromatic heterocycles. The van der Waals surface area contributed by atoms with E-state index in [1.807, 2.05) is 24.4 Å². The second kappa shape index (κ2) is 9.50. The summed E-state index contributed by atoms with van der Waals surface area (Å²) in [5, 5.41) is 5.66. The van der Waals surface area contributed by atoms with Gasteiger partial charge in [0.25, 0.3) is 0 Å². The van der Waals surface area contributed by atoms with E-state index in [1.54, 1.807) is 0 Å². The van der Waals surface area contributed by atoms with Gasteiger partial charge in [-0.1, -0.05) is 64.7 Å². The standard InChI is InChI=1S/C19H31N3/c1-2-3-4-5-6-7-8-9-10-11-14-22-19-15-18(20)13-12-17(19)16-21-22/h12-13,15-16H,2-11,14,20H2,1H3. The van der Waals surface area contributed by atoms with Crippen molar-refractivity contribution in [1.82, 2.24) is 9.78 Å². The smallest absolute Gasteiger partial charge is 0.0702 e. The fourth-order valence-electron chi connectivity index (χ4n) is 3.01. The Morgan fingerprint density at radius 2 is 1.55 bits per heavy atom. The molecule has 0 radical (unpaired) electrons. The Morgan fingerprint density at radius 3 is 2.23 bits per heavy atom. The molecule has 3 nitrogen and oxygen atoms in total. The van der Waals surface area contributed by atoms with Gasteiger partial charge in [-0.05, 0) is 24.6 Å².